The van der Waals surface area contributed by atoms with Crippen molar-refractivity contribution in [2.75, 3.05) is 4.72 Å². The molecule has 0 radical (unpaired) electrons. The van der Waals surface area contributed by atoms with Crippen LogP contribution in [-0.2, 0) is 17.1 Å². The van der Waals surface area contributed by atoms with Crippen molar-refractivity contribution in [3.8, 4) is 5.82 Å². The van der Waals surface area contributed by atoms with E-state index in [1.54, 1.807) is 54.0 Å². The standard InChI is InChI=1S/C13H13BrN6O2S/c1-9-17-13(12(14)19(9)2)23(21,22)18-10-3-4-11(16-7-10)20-6-5-15-8-20/h3-8,18H,1-2H3. The number of hydrogen-bond donors (Lipinski definition) is 1. The summed E-state index contributed by atoms with van der Waals surface area (Å²) in [5.41, 5.74) is 0.351. The average Bonchev–Trinajstić information content (AvgIpc) is 3.13. The van der Waals surface area contributed by atoms with Gasteiger partial charge in [-0.05, 0) is 35.0 Å². The molecule has 0 spiro atoms. The third kappa shape index (κ3) is 2.99. The molecule has 0 saturated heterocycles. The van der Waals surface area contributed by atoms with Crippen LogP contribution in [0.5, 0.6) is 0 Å². The van der Waals surface area contributed by atoms with Crippen LogP contribution in [0.25, 0.3) is 5.82 Å². The van der Waals surface area contributed by atoms with E-state index >= 15 is 0 Å². The minimum atomic E-state index is -3.80. The van der Waals surface area contributed by atoms with Crippen LogP contribution in [0.1, 0.15) is 5.82 Å². The molecule has 8 nitrogen and oxygen atoms in total. The zero-order valence-electron chi connectivity index (χ0n) is 12.3. The zero-order valence-corrected chi connectivity index (χ0v) is 14.7. The van der Waals surface area contributed by atoms with Crippen molar-refractivity contribution >= 4 is 31.6 Å². The number of nitrogens with zero attached hydrogens (tertiary/aromatic N) is 5. The molecule has 3 heterocycles. The van der Waals surface area contributed by atoms with Crippen molar-refractivity contribution in [2.24, 2.45) is 7.05 Å². The molecule has 120 valence electrons. The van der Waals surface area contributed by atoms with Crippen LogP contribution in [0.2, 0.25) is 0 Å². The van der Waals surface area contributed by atoms with Gasteiger partial charge < -0.3 is 4.57 Å². The van der Waals surface area contributed by atoms with Gasteiger partial charge in [0.25, 0.3) is 10.0 Å². The van der Waals surface area contributed by atoms with Gasteiger partial charge >= 0.3 is 0 Å². The van der Waals surface area contributed by atoms with E-state index in [1.165, 1.54) is 6.20 Å². The highest BCUT2D eigenvalue weighted by atomic mass is 79.9. The number of pyridine rings is 1. The summed E-state index contributed by atoms with van der Waals surface area (Å²) >= 11 is 3.24. The van der Waals surface area contributed by atoms with Gasteiger partial charge in [0.2, 0.25) is 5.03 Å². The first kappa shape index (κ1) is 15.7. The molecule has 0 saturated carbocycles. The Hall–Kier alpha value is -2.20. The number of imidazole rings is 2. The lowest BCUT2D eigenvalue weighted by Crippen LogP contribution is -2.14. The molecular weight excluding hydrogens is 384 g/mol. The highest BCUT2D eigenvalue weighted by Crippen LogP contribution is 2.24. The van der Waals surface area contributed by atoms with Crippen molar-refractivity contribution in [1.82, 2.24) is 24.1 Å². The Bertz CT molecular complexity index is 932. The SMILES string of the molecule is Cc1nc(S(=O)(=O)Nc2ccc(-n3ccnc3)nc2)c(Br)n1C. The second kappa shape index (κ2) is 5.78. The lowest BCUT2D eigenvalue weighted by molar-refractivity contribution is 0.597. The summed E-state index contributed by atoms with van der Waals surface area (Å²) in [6.07, 6.45) is 6.44. The van der Waals surface area contributed by atoms with Crippen molar-refractivity contribution in [3.05, 3.63) is 47.5 Å². The lowest BCUT2D eigenvalue weighted by atomic mass is 10.4. The predicted molar refractivity (Wildman–Crippen MR) is 87.8 cm³/mol. The number of anilines is 1. The van der Waals surface area contributed by atoms with E-state index in [-0.39, 0.29) is 5.03 Å². The number of aromatic nitrogens is 5. The van der Waals surface area contributed by atoms with Crippen LogP contribution in [0.3, 0.4) is 0 Å². The summed E-state index contributed by atoms with van der Waals surface area (Å²) < 4.78 is 31.1. The average molecular weight is 397 g/mol. The summed E-state index contributed by atoms with van der Waals surface area (Å²) in [4.78, 5) is 12.2. The number of halogens is 1. The molecule has 1 N–H and O–H groups in total. The van der Waals surface area contributed by atoms with Crippen LogP contribution in [0.15, 0.2) is 46.7 Å². The van der Waals surface area contributed by atoms with Crippen LogP contribution in [0.4, 0.5) is 5.69 Å². The highest BCUT2D eigenvalue weighted by Gasteiger charge is 2.23. The van der Waals surface area contributed by atoms with E-state index in [4.69, 9.17) is 0 Å². The van der Waals surface area contributed by atoms with Gasteiger partial charge in [0, 0.05) is 19.4 Å². The zero-order chi connectivity index (χ0) is 16.6. The molecule has 0 bridgehead atoms. The Kier molecular flexibility index (Phi) is 3.94. The van der Waals surface area contributed by atoms with Gasteiger partial charge in [0.05, 0.1) is 11.9 Å². The van der Waals surface area contributed by atoms with E-state index in [0.29, 0.717) is 21.9 Å². The van der Waals surface area contributed by atoms with Gasteiger partial charge in [0.1, 0.15) is 22.6 Å². The fraction of sp³-hybridized carbons (Fsp3) is 0.154. The summed E-state index contributed by atoms with van der Waals surface area (Å²) in [6.45, 7) is 1.73. The molecule has 0 aliphatic rings. The van der Waals surface area contributed by atoms with Crippen molar-refractivity contribution < 1.29 is 8.42 Å². The van der Waals surface area contributed by atoms with Gasteiger partial charge in [0.15, 0.2) is 0 Å². The molecule has 3 aromatic heterocycles. The van der Waals surface area contributed by atoms with E-state index in [0.717, 1.165) is 0 Å². The fourth-order valence-corrected chi connectivity index (χ4v) is 4.05. The first-order valence-electron chi connectivity index (χ1n) is 6.54. The number of sulfonamides is 1. The molecule has 0 unspecified atom stereocenters. The summed E-state index contributed by atoms with van der Waals surface area (Å²) in [7, 11) is -2.07. The first-order valence-corrected chi connectivity index (χ1v) is 8.82. The van der Waals surface area contributed by atoms with Gasteiger partial charge in [-0.3, -0.25) is 9.29 Å². The van der Waals surface area contributed by atoms with Crippen LogP contribution >= 0.6 is 15.9 Å². The van der Waals surface area contributed by atoms with Gasteiger partial charge in [-0.15, -0.1) is 0 Å². The quantitative estimate of drug-likeness (QED) is 0.726. The molecule has 0 fully saturated rings. The third-order valence-electron chi connectivity index (χ3n) is 3.24. The second-order valence-corrected chi connectivity index (χ2v) is 7.14. The van der Waals surface area contributed by atoms with Crippen molar-refractivity contribution in [2.45, 2.75) is 11.9 Å². The summed E-state index contributed by atoms with van der Waals surface area (Å²) in [6, 6.07) is 3.32. The molecule has 10 heteroatoms. The minimum Gasteiger partial charge on any atom is -0.325 e. The molecule has 3 aromatic rings. The van der Waals surface area contributed by atoms with Crippen molar-refractivity contribution in [3.63, 3.8) is 0 Å². The van der Waals surface area contributed by atoms with E-state index in [1.807, 2.05) is 0 Å². The summed E-state index contributed by atoms with van der Waals surface area (Å²) in [5.74, 6) is 1.23. The second-order valence-electron chi connectivity index (χ2n) is 4.79. The molecule has 0 amide bonds. The monoisotopic (exact) mass is 396 g/mol. The Balaban J connectivity index is 1.87. The minimum absolute atomic E-state index is 0.0591. The molecular formula is C13H13BrN6O2S. The van der Waals surface area contributed by atoms with Gasteiger partial charge in [-0.25, -0.2) is 15.0 Å². The van der Waals surface area contributed by atoms with Gasteiger partial charge in [-0.2, -0.15) is 8.42 Å². The molecule has 0 aliphatic carbocycles. The third-order valence-corrected chi connectivity index (χ3v) is 5.71. The van der Waals surface area contributed by atoms with Gasteiger partial charge in [-0.1, -0.05) is 0 Å². The van der Waals surface area contributed by atoms with Crippen LogP contribution < -0.4 is 4.72 Å². The summed E-state index contributed by atoms with van der Waals surface area (Å²) in [5, 5.41) is -0.0591. The fourth-order valence-electron chi connectivity index (χ4n) is 1.92. The largest absolute Gasteiger partial charge is 0.325 e. The highest BCUT2D eigenvalue weighted by molar-refractivity contribution is 9.10. The van der Waals surface area contributed by atoms with E-state index < -0.39 is 10.0 Å². The molecule has 0 aliphatic heterocycles. The first-order chi connectivity index (χ1) is 10.9. The molecule has 0 aromatic carbocycles. The Morgan fingerprint density at radius 3 is 2.61 bits per heavy atom. The molecule has 3 rings (SSSR count). The lowest BCUT2D eigenvalue weighted by Gasteiger charge is -2.07. The maximum Gasteiger partial charge on any atom is 0.282 e. The molecule has 23 heavy (non-hydrogen) atoms. The number of aryl methyl sites for hydroxylation is 1. The number of nitrogens with one attached hydrogen (secondary N) is 1. The van der Waals surface area contributed by atoms with Crippen LogP contribution in [-0.4, -0.2) is 32.5 Å². The smallest absolute Gasteiger partial charge is 0.282 e. The maximum absolute atomic E-state index is 12.4. The molecule has 0 atom stereocenters. The Labute approximate surface area is 141 Å². The maximum atomic E-state index is 12.4. The van der Waals surface area contributed by atoms with Crippen molar-refractivity contribution in [1.29, 1.82) is 0 Å². The van der Waals surface area contributed by atoms with E-state index in [9.17, 15) is 8.42 Å². The topological polar surface area (TPSA) is 94.7 Å². The number of hydrogen-bond acceptors (Lipinski definition) is 5. The van der Waals surface area contributed by atoms with Crippen LogP contribution in [0, 0.1) is 6.92 Å². The number of rotatable bonds is 4. The van der Waals surface area contributed by atoms with E-state index in [2.05, 4.69) is 35.6 Å². The Morgan fingerprint density at radius 2 is 2.09 bits per heavy atom. The predicted octanol–water partition coefficient (Wildman–Crippen LogP) is 1.87. The normalized spacial score (nSPS) is 11.6. The Morgan fingerprint density at radius 1 is 1.30 bits per heavy atom.